The molecule has 1 amide bonds. The summed E-state index contributed by atoms with van der Waals surface area (Å²) in [4.78, 5) is 32.5. The summed E-state index contributed by atoms with van der Waals surface area (Å²) < 4.78 is 8.88. The second kappa shape index (κ2) is 6.02. The highest BCUT2D eigenvalue weighted by Gasteiger charge is 2.12. The lowest BCUT2D eigenvalue weighted by Gasteiger charge is -2.20. The van der Waals surface area contributed by atoms with Crippen LogP contribution < -0.4 is 5.32 Å². The first-order valence-corrected chi connectivity index (χ1v) is 5.66. The lowest BCUT2D eigenvalue weighted by atomic mass is 10.1. The minimum atomic E-state index is -4.64. The van der Waals surface area contributed by atoms with Crippen LogP contribution in [0.25, 0.3) is 0 Å². The average Bonchev–Trinajstić information content (AvgIpc) is 1.78. The van der Waals surface area contributed by atoms with Gasteiger partial charge in [0.05, 0.1) is 0 Å². The van der Waals surface area contributed by atoms with Gasteiger partial charge < -0.3 is 20.0 Å². The van der Waals surface area contributed by atoms with E-state index in [0.29, 0.717) is 5.57 Å². The summed E-state index contributed by atoms with van der Waals surface area (Å²) in [5, 5.41) is 2.78. The molecule has 0 rings (SSSR count). The molecule has 0 aromatic heterocycles. The van der Waals surface area contributed by atoms with E-state index >= 15 is 0 Å². The molecule has 0 radical (unpaired) electrons. The first kappa shape index (κ1) is 16.7. The van der Waals surface area contributed by atoms with E-state index in [4.69, 9.17) is 19.2 Å². The topological polar surface area (TPSA) is 107 Å². The van der Waals surface area contributed by atoms with Crippen molar-refractivity contribution in [1.29, 1.82) is 0 Å². The van der Waals surface area contributed by atoms with Gasteiger partial charge in [0.15, 0.2) is 0 Å². The Kier molecular flexibility index (Phi) is 6.72. The molecule has 4 N–H and O–H groups in total. The molecule has 6 nitrogen and oxygen atoms in total. The van der Waals surface area contributed by atoms with E-state index in [-0.39, 0.29) is 11.4 Å². The van der Waals surface area contributed by atoms with E-state index in [9.17, 15) is 4.79 Å². The van der Waals surface area contributed by atoms with Gasteiger partial charge in [0.1, 0.15) is 0 Å². The molecule has 0 saturated heterocycles. The molecule has 0 aromatic carbocycles. The maximum absolute atomic E-state index is 10.9. The van der Waals surface area contributed by atoms with Gasteiger partial charge in [0, 0.05) is 11.1 Å². The summed E-state index contributed by atoms with van der Waals surface area (Å²) in [6, 6.07) is 0. The van der Waals surface area contributed by atoms with Gasteiger partial charge in [-0.25, -0.2) is 4.57 Å². The summed E-state index contributed by atoms with van der Waals surface area (Å²) in [5.41, 5.74) is 0.394. The quantitative estimate of drug-likeness (QED) is 0.395. The van der Waals surface area contributed by atoms with E-state index in [2.05, 4.69) is 11.9 Å². The molecule has 0 spiro atoms. The molecule has 90 valence electrons. The van der Waals surface area contributed by atoms with E-state index < -0.39 is 7.82 Å². The van der Waals surface area contributed by atoms with Crippen molar-refractivity contribution in [3.8, 4) is 0 Å². The van der Waals surface area contributed by atoms with Crippen LogP contribution in [0, 0.1) is 0 Å². The number of rotatable bonds is 1. The fourth-order valence-electron chi connectivity index (χ4n) is 0.447. The Hall–Kier alpha value is -0.680. The number of nitrogens with one attached hydrogen (secondary N) is 1. The van der Waals surface area contributed by atoms with Crippen molar-refractivity contribution >= 4 is 13.7 Å². The molecule has 0 aromatic rings. The number of carbonyl (C=O) groups excluding carboxylic acids is 1. The molecule has 0 fully saturated rings. The zero-order valence-electron chi connectivity index (χ0n) is 9.31. The molecule has 0 aliphatic rings. The van der Waals surface area contributed by atoms with Crippen LogP contribution in [0.2, 0.25) is 0 Å². The van der Waals surface area contributed by atoms with Crippen LogP contribution in [0.3, 0.4) is 0 Å². The first-order chi connectivity index (χ1) is 6.33. The fourth-order valence-corrected chi connectivity index (χ4v) is 0.447. The third-order valence-corrected chi connectivity index (χ3v) is 0.876. The second-order valence-electron chi connectivity index (χ2n) is 4.00. The number of carbonyl (C=O) groups is 1. The maximum atomic E-state index is 10.9. The van der Waals surface area contributed by atoms with Crippen molar-refractivity contribution in [2.24, 2.45) is 0 Å². The van der Waals surface area contributed by atoms with Crippen LogP contribution in [-0.4, -0.2) is 26.1 Å². The molecule has 0 aliphatic heterocycles. The Labute approximate surface area is 89.3 Å². The first-order valence-electron chi connectivity index (χ1n) is 4.09. The van der Waals surface area contributed by atoms with Crippen molar-refractivity contribution in [2.75, 3.05) is 0 Å². The number of amides is 1. The van der Waals surface area contributed by atoms with Crippen molar-refractivity contribution in [2.45, 2.75) is 33.2 Å². The van der Waals surface area contributed by atoms with Crippen LogP contribution in [0.1, 0.15) is 27.7 Å². The predicted molar refractivity (Wildman–Crippen MR) is 57.0 cm³/mol. The van der Waals surface area contributed by atoms with Crippen molar-refractivity contribution in [3.05, 3.63) is 12.2 Å². The zero-order chi connectivity index (χ0) is 12.9. The summed E-state index contributed by atoms with van der Waals surface area (Å²) in [7, 11) is -4.64. The van der Waals surface area contributed by atoms with E-state index in [0.717, 1.165) is 0 Å². The minimum absolute atomic E-state index is 0.0764. The van der Waals surface area contributed by atoms with Gasteiger partial charge in [0.2, 0.25) is 5.91 Å². The highest BCUT2D eigenvalue weighted by molar-refractivity contribution is 7.45. The monoisotopic (exact) mass is 239 g/mol. The van der Waals surface area contributed by atoms with Crippen LogP contribution in [0.5, 0.6) is 0 Å². The van der Waals surface area contributed by atoms with E-state index in [1.807, 2.05) is 20.8 Å². The summed E-state index contributed by atoms with van der Waals surface area (Å²) in [6.07, 6.45) is 0. The third kappa shape index (κ3) is 24.7. The zero-order valence-corrected chi connectivity index (χ0v) is 10.2. The predicted octanol–water partition coefficient (Wildman–Crippen LogP) is 0.549. The van der Waals surface area contributed by atoms with Crippen molar-refractivity contribution in [3.63, 3.8) is 0 Å². The van der Waals surface area contributed by atoms with Crippen LogP contribution >= 0.6 is 7.82 Å². The maximum Gasteiger partial charge on any atom is 0.466 e. The number of hydrogen-bond acceptors (Lipinski definition) is 2. The SMILES string of the molecule is C=C(C)C(=O)NC(C)(C)C.O=P(O)(O)O. The molecule has 15 heavy (non-hydrogen) atoms. The molecule has 0 unspecified atom stereocenters. The van der Waals surface area contributed by atoms with E-state index in [1.54, 1.807) is 6.92 Å². The normalized spacial score (nSPS) is 11.1. The molecular weight excluding hydrogens is 221 g/mol. The van der Waals surface area contributed by atoms with Gasteiger partial charge in [-0.15, -0.1) is 0 Å². The summed E-state index contributed by atoms with van der Waals surface area (Å²) in [5.74, 6) is -0.0764. The molecule has 7 heteroatoms. The molecule has 0 bridgehead atoms. The molecule has 0 saturated carbocycles. The summed E-state index contributed by atoms with van der Waals surface area (Å²) >= 11 is 0. The molecule has 0 aliphatic carbocycles. The largest absolute Gasteiger partial charge is 0.466 e. The number of phosphoric acid groups is 1. The highest BCUT2D eigenvalue weighted by Crippen LogP contribution is 2.25. The lowest BCUT2D eigenvalue weighted by Crippen LogP contribution is -2.40. The van der Waals surface area contributed by atoms with Gasteiger partial charge >= 0.3 is 7.82 Å². The third-order valence-electron chi connectivity index (χ3n) is 0.876. The molecule has 0 atom stereocenters. The van der Waals surface area contributed by atoms with Crippen LogP contribution in [0.4, 0.5) is 0 Å². The van der Waals surface area contributed by atoms with Crippen LogP contribution in [0.15, 0.2) is 12.2 Å². The van der Waals surface area contributed by atoms with Gasteiger partial charge in [-0.05, 0) is 27.7 Å². The standard InChI is InChI=1S/C8H15NO.H3O4P/c1-6(2)7(10)9-8(3,4)5;1-5(2,3)4/h1H2,2-5H3,(H,9,10);(H3,1,2,3,4). The lowest BCUT2D eigenvalue weighted by molar-refractivity contribution is -0.118. The van der Waals surface area contributed by atoms with Gasteiger partial charge in [-0.1, -0.05) is 6.58 Å². The minimum Gasteiger partial charge on any atom is -0.348 e. The van der Waals surface area contributed by atoms with Gasteiger partial charge in [-0.3, -0.25) is 4.79 Å². The Morgan fingerprint density at radius 2 is 1.53 bits per heavy atom. The Morgan fingerprint density at radius 1 is 1.27 bits per heavy atom. The smallest absolute Gasteiger partial charge is 0.348 e. The van der Waals surface area contributed by atoms with Gasteiger partial charge in [-0.2, -0.15) is 0 Å². The Bertz CT molecular complexity index is 267. The Morgan fingerprint density at radius 3 is 1.60 bits per heavy atom. The molecular formula is C8H18NO5P. The molecule has 0 heterocycles. The average molecular weight is 239 g/mol. The summed E-state index contributed by atoms with van der Waals surface area (Å²) in [6.45, 7) is 11.0. The fraction of sp³-hybridized carbons (Fsp3) is 0.625. The van der Waals surface area contributed by atoms with Crippen molar-refractivity contribution < 1.29 is 24.0 Å². The van der Waals surface area contributed by atoms with E-state index in [1.165, 1.54) is 0 Å². The Balaban J connectivity index is 0. The highest BCUT2D eigenvalue weighted by atomic mass is 31.2. The van der Waals surface area contributed by atoms with Crippen molar-refractivity contribution in [1.82, 2.24) is 5.32 Å². The van der Waals surface area contributed by atoms with Crippen LogP contribution in [-0.2, 0) is 9.36 Å². The second-order valence-corrected chi connectivity index (χ2v) is 5.02. The number of hydrogen-bond donors (Lipinski definition) is 4. The van der Waals surface area contributed by atoms with Gasteiger partial charge in [0.25, 0.3) is 0 Å².